The van der Waals surface area contributed by atoms with Crippen molar-refractivity contribution in [3.8, 4) is 0 Å². The molecular formula is C9H13KO4. The Labute approximate surface area is 126 Å². The van der Waals surface area contributed by atoms with Gasteiger partial charge >= 0.3 is 57.4 Å². The molecule has 0 amide bonds. The third-order valence-corrected chi connectivity index (χ3v) is 1.59. The molecule has 1 N–H and O–H groups in total. The fourth-order valence-corrected chi connectivity index (χ4v) is 0.900. The molecule has 0 aromatic carbocycles. The van der Waals surface area contributed by atoms with Gasteiger partial charge in [-0.3, -0.25) is 4.79 Å². The van der Waals surface area contributed by atoms with Gasteiger partial charge < -0.3 is 15.0 Å². The summed E-state index contributed by atoms with van der Waals surface area (Å²) in [5, 5.41) is 18.7. The Hall–Kier alpha value is 0.316. The number of hydrogen-bond donors (Lipinski definition) is 1. The predicted octanol–water partition coefficient (Wildman–Crippen LogP) is -2.81. The van der Waals surface area contributed by atoms with Crippen LogP contribution >= 0.6 is 0 Å². The zero-order valence-corrected chi connectivity index (χ0v) is 11.6. The van der Waals surface area contributed by atoms with Gasteiger partial charge in [0.25, 0.3) is 0 Å². The smallest absolute Gasteiger partial charge is 0.550 e. The number of carbonyl (C=O) groups is 2. The molecule has 5 heteroatoms. The minimum absolute atomic E-state index is 0. The molecule has 0 radical (unpaired) electrons. The van der Waals surface area contributed by atoms with Crippen molar-refractivity contribution in [3.05, 3.63) is 12.2 Å². The molecule has 0 aromatic heterocycles. The van der Waals surface area contributed by atoms with E-state index in [1.807, 2.05) is 13.0 Å². The second-order valence-corrected chi connectivity index (χ2v) is 2.73. The minimum atomic E-state index is -1.32. The SMILES string of the molecule is CC/C=C/CC(CC(=O)[O-])C(=O)O.[K+]. The number of hydrogen-bond acceptors (Lipinski definition) is 3. The van der Waals surface area contributed by atoms with Crippen LogP contribution in [0.2, 0.25) is 0 Å². The molecule has 0 bridgehead atoms. The summed E-state index contributed by atoms with van der Waals surface area (Å²) in [6.45, 7) is 1.92. The Balaban J connectivity index is 0. The summed E-state index contributed by atoms with van der Waals surface area (Å²) in [4.78, 5) is 20.7. The fourth-order valence-electron chi connectivity index (χ4n) is 0.900. The summed E-state index contributed by atoms with van der Waals surface area (Å²) >= 11 is 0. The van der Waals surface area contributed by atoms with E-state index in [1.54, 1.807) is 6.08 Å². The largest absolute Gasteiger partial charge is 1.00 e. The molecule has 14 heavy (non-hydrogen) atoms. The van der Waals surface area contributed by atoms with E-state index < -0.39 is 24.3 Å². The van der Waals surface area contributed by atoms with Crippen LogP contribution in [0.5, 0.6) is 0 Å². The number of carbonyl (C=O) groups excluding carboxylic acids is 1. The van der Waals surface area contributed by atoms with Crippen molar-refractivity contribution < 1.29 is 71.2 Å². The maximum atomic E-state index is 10.5. The normalized spacial score (nSPS) is 12.1. The van der Waals surface area contributed by atoms with Gasteiger partial charge in [0.15, 0.2) is 0 Å². The van der Waals surface area contributed by atoms with E-state index in [-0.39, 0.29) is 57.8 Å². The topological polar surface area (TPSA) is 77.4 Å². The summed E-state index contributed by atoms with van der Waals surface area (Å²) in [6, 6.07) is 0. The molecule has 4 nitrogen and oxygen atoms in total. The van der Waals surface area contributed by atoms with E-state index in [9.17, 15) is 14.7 Å². The number of aliphatic carboxylic acids is 2. The van der Waals surface area contributed by atoms with Crippen LogP contribution in [-0.4, -0.2) is 17.0 Å². The first-order chi connectivity index (χ1) is 6.07. The average Bonchev–Trinajstić information content (AvgIpc) is 2.02. The molecule has 1 unspecified atom stereocenters. The van der Waals surface area contributed by atoms with Crippen molar-refractivity contribution >= 4 is 11.9 Å². The summed E-state index contributed by atoms with van der Waals surface area (Å²) in [7, 11) is 0. The molecule has 0 aliphatic rings. The van der Waals surface area contributed by atoms with E-state index in [0.29, 0.717) is 0 Å². The first-order valence-corrected chi connectivity index (χ1v) is 4.15. The van der Waals surface area contributed by atoms with Gasteiger partial charge in [-0.05, 0) is 12.8 Å². The zero-order valence-electron chi connectivity index (χ0n) is 8.53. The monoisotopic (exact) mass is 224 g/mol. The number of allylic oxidation sites excluding steroid dienone is 2. The summed E-state index contributed by atoms with van der Waals surface area (Å²) in [5.74, 6) is -3.28. The van der Waals surface area contributed by atoms with Gasteiger partial charge in [-0.25, -0.2) is 0 Å². The number of carboxylic acid groups (broad SMARTS) is 2. The van der Waals surface area contributed by atoms with E-state index in [1.165, 1.54) is 0 Å². The van der Waals surface area contributed by atoms with Crippen LogP contribution in [0.3, 0.4) is 0 Å². The van der Waals surface area contributed by atoms with Gasteiger partial charge in [0.05, 0.1) is 5.92 Å². The van der Waals surface area contributed by atoms with Crippen molar-refractivity contribution in [3.63, 3.8) is 0 Å². The van der Waals surface area contributed by atoms with Gasteiger partial charge in [-0.15, -0.1) is 0 Å². The standard InChI is InChI=1S/C9H14O4.K/c1-2-3-4-5-7(9(12)13)6-8(10)11;/h3-4,7H,2,5-6H2,1H3,(H,10,11)(H,12,13);/q;+1/p-1/b4-3+;. The van der Waals surface area contributed by atoms with Crippen LogP contribution in [-0.2, 0) is 9.59 Å². The van der Waals surface area contributed by atoms with Gasteiger partial charge in [0.2, 0.25) is 0 Å². The summed E-state index contributed by atoms with van der Waals surface area (Å²) < 4.78 is 0. The minimum Gasteiger partial charge on any atom is -0.550 e. The van der Waals surface area contributed by atoms with Crippen molar-refractivity contribution in [1.82, 2.24) is 0 Å². The van der Waals surface area contributed by atoms with Crippen LogP contribution in [0, 0.1) is 5.92 Å². The molecule has 0 saturated carbocycles. The first-order valence-electron chi connectivity index (χ1n) is 4.15. The van der Waals surface area contributed by atoms with Crippen LogP contribution in [0.4, 0.5) is 0 Å². The van der Waals surface area contributed by atoms with E-state index in [0.717, 1.165) is 6.42 Å². The van der Waals surface area contributed by atoms with Crippen molar-refractivity contribution in [2.45, 2.75) is 26.2 Å². The molecule has 0 aromatic rings. The molecule has 0 aliphatic carbocycles. The van der Waals surface area contributed by atoms with Gasteiger partial charge in [-0.1, -0.05) is 19.1 Å². The maximum absolute atomic E-state index is 10.5. The molecule has 0 spiro atoms. The molecule has 1 atom stereocenters. The Kier molecular flexibility index (Phi) is 11.8. The fraction of sp³-hybridized carbons (Fsp3) is 0.556. The third-order valence-electron chi connectivity index (χ3n) is 1.59. The van der Waals surface area contributed by atoms with Crippen LogP contribution in [0.1, 0.15) is 26.2 Å². The number of carboxylic acids is 2. The molecule has 0 heterocycles. The second kappa shape index (κ2) is 9.86. The van der Waals surface area contributed by atoms with E-state index >= 15 is 0 Å². The van der Waals surface area contributed by atoms with Gasteiger partial charge in [0.1, 0.15) is 0 Å². The zero-order chi connectivity index (χ0) is 10.3. The van der Waals surface area contributed by atoms with E-state index in [2.05, 4.69) is 0 Å². The maximum Gasteiger partial charge on any atom is 1.00 e. The van der Waals surface area contributed by atoms with Crippen LogP contribution in [0.15, 0.2) is 12.2 Å². The Morgan fingerprint density at radius 3 is 2.36 bits per heavy atom. The Morgan fingerprint density at radius 2 is 2.00 bits per heavy atom. The average molecular weight is 224 g/mol. The van der Waals surface area contributed by atoms with Gasteiger partial charge in [-0.2, -0.15) is 0 Å². The molecule has 0 aliphatic heterocycles. The Morgan fingerprint density at radius 1 is 1.43 bits per heavy atom. The molecule has 0 saturated heterocycles. The van der Waals surface area contributed by atoms with Crippen LogP contribution in [0.25, 0.3) is 0 Å². The van der Waals surface area contributed by atoms with E-state index in [4.69, 9.17) is 5.11 Å². The second-order valence-electron chi connectivity index (χ2n) is 2.73. The first kappa shape index (κ1) is 16.7. The third kappa shape index (κ3) is 8.89. The summed E-state index contributed by atoms with van der Waals surface area (Å²) in [5.41, 5.74) is 0. The van der Waals surface area contributed by atoms with Crippen LogP contribution < -0.4 is 56.5 Å². The van der Waals surface area contributed by atoms with Crippen molar-refractivity contribution in [1.29, 1.82) is 0 Å². The summed E-state index contributed by atoms with van der Waals surface area (Å²) in [6.07, 6.45) is 4.13. The molecule has 0 fully saturated rings. The van der Waals surface area contributed by atoms with Gasteiger partial charge in [0, 0.05) is 12.4 Å². The van der Waals surface area contributed by atoms with Crippen molar-refractivity contribution in [2.75, 3.05) is 0 Å². The Bertz CT molecular complexity index is 213. The molecule has 0 rings (SSSR count). The predicted molar refractivity (Wildman–Crippen MR) is 44.8 cm³/mol. The molecular weight excluding hydrogens is 211 g/mol. The number of rotatable bonds is 6. The molecule has 74 valence electrons. The quantitative estimate of drug-likeness (QED) is 0.390. The van der Waals surface area contributed by atoms with Crippen molar-refractivity contribution in [2.24, 2.45) is 5.92 Å².